The van der Waals surface area contributed by atoms with E-state index in [0.717, 1.165) is 15.6 Å². The predicted octanol–water partition coefficient (Wildman–Crippen LogP) is 8.14. The molecule has 0 aliphatic heterocycles. The standard InChI is InChI=1S/C34H31Br2Cl2N3O5/c1-3-44-31-17-24(15-27(36)32(31)45-20-23-9-11-25(35)12-10-23)19-39-41-34(43)29(16-22-7-5-4-6-8-22)40-33(42)21(2)46-30-14-13-26(37)18-28(30)38/h4-15,17-19,21,29H,3,16,20H2,1-2H3,(H,40,42)(H,41,43)/b39-19-/t21-,29+/m0/s1. The van der Waals surface area contributed by atoms with E-state index in [1.165, 1.54) is 12.3 Å². The molecule has 0 spiro atoms. The highest BCUT2D eigenvalue weighted by Crippen LogP contribution is 2.37. The third kappa shape index (κ3) is 10.5. The van der Waals surface area contributed by atoms with Crippen molar-refractivity contribution in [1.29, 1.82) is 0 Å². The molecule has 0 aromatic heterocycles. The van der Waals surface area contributed by atoms with Crippen LogP contribution in [0.3, 0.4) is 0 Å². The van der Waals surface area contributed by atoms with Crippen LogP contribution >= 0.6 is 55.1 Å². The molecule has 0 saturated carbocycles. The van der Waals surface area contributed by atoms with Crippen LogP contribution < -0.4 is 25.0 Å². The number of nitrogens with zero attached hydrogens (tertiary/aromatic N) is 1. The van der Waals surface area contributed by atoms with Crippen LogP contribution in [0.4, 0.5) is 0 Å². The van der Waals surface area contributed by atoms with Gasteiger partial charge in [0, 0.05) is 15.9 Å². The highest BCUT2D eigenvalue weighted by molar-refractivity contribution is 9.10. The maximum absolute atomic E-state index is 13.3. The summed E-state index contributed by atoms with van der Waals surface area (Å²) in [6, 6.07) is 24.5. The lowest BCUT2D eigenvalue weighted by Gasteiger charge is -2.21. The monoisotopic (exact) mass is 789 g/mol. The van der Waals surface area contributed by atoms with Crippen LogP contribution in [0.5, 0.6) is 17.2 Å². The molecule has 0 aliphatic carbocycles. The molecule has 0 fully saturated rings. The van der Waals surface area contributed by atoms with Gasteiger partial charge in [-0.1, -0.05) is 81.6 Å². The van der Waals surface area contributed by atoms with Gasteiger partial charge in [0.2, 0.25) is 0 Å². The number of hydrogen-bond donors (Lipinski definition) is 2. The number of hydrazone groups is 1. The van der Waals surface area contributed by atoms with Crippen LogP contribution in [-0.4, -0.2) is 36.8 Å². The minimum atomic E-state index is -0.952. The quantitative estimate of drug-likeness (QED) is 0.0994. The Kier molecular flexibility index (Phi) is 13.3. The SMILES string of the molecule is CCOc1cc(/C=N\NC(=O)[C@@H](Cc2ccccc2)NC(=O)[C@H](C)Oc2ccc(Cl)cc2Cl)cc(Br)c1OCc1ccc(Br)cc1. The first-order valence-corrected chi connectivity index (χ1v) is 16.6. The van der Waals surface area contributed by atoms with Crippen LogP contribution in [0.25, 0.3) is 0 Å². The number of ether oxygens (including phenoxy) is 3. The van der Waals surface area contributed by atoms with Crippen molar-refractivity contribution in [2.75, 3.05) is 6.61 Å². The van der Waals surface area contributed by atoms with E-state index in [9.17, 15) is 9.59 Å². The average Bonchev–Trinajstić information content (AvgIpc) is 3.03. The fourth-order valence-electron chi connectivity index (χ4n) is 4.21. The van der Waals surface area contributed by atoms with Crippen molar-refractivity contribution in [2.45, 2.75) is 39.0 Å². The van der Waals surface area contributed by atoms with Crippen molar-refractivity contribution >= 4 is 73.1 Å². The fourth-order valence-corrected chi connectivity index (χ4v) is 5.50. The molecule has 0 saturated heterocycles. The Bertz CT molecular complexity index is 1670. The summed E-state index contributed by atoms with van der Waals surface area (Å²) in [5.74, 6) is 0.349. The topological polar surface area (TPSA) is 98.2 Å². The van der Waals surface area contributed by atoms with Gasteiger partial charge in [-0.3, -0.25) is 9.59 Å². The molecule has 0 bridgehead atoms. The molecule has 0 unspecified atom stereocenters. The second-order valence-electron chi connectivity index (χ2n) is 10.00. The summed E-state index contributed by atoms with van der Waals surface area (Å²) in [5.41, 5.74) is 5.05. The molecule has 4 aromatic rings. The van der Waals surface area contributed by atoms with Crippen molar-refractivity contribution in [1.82, 2.24) is 10.7 Å². The first-order chi connectivity index (χ1) is 22.1. The third-order valence-corrected chi connectivity index (χ3v) is 8.15. The molecular formula is C34H31Br2Cl2N3O5. The highest BCUT2D eigenvalue weighted by Gasteiger charge is 2.25. The maximum Gasteiger partial charge on any atom is 0.262 e. The Morgan fingerprint density at radius 3 is 2.33 bits per heavy atom. The van der Waals surface area contributed by atoms with Crippen LogP contribution in [0.2, 0.25) is 10.0 Å². The van der Waals surface area contributed by atoms with Crippen molar-refractivity contribution in [3.8, 4) is 17.2 Å². The maximum atomic E-state index is 13.3. The number of benzene rings is 4. The molecular weight excluding hydrogens is 761 g/mol. The van der Waals surface area contributed by atoms with Crippen LogP contribution in [0.1, 0.15) is 30.5 Å². The predicted molar refractivity (Wildman–Crippen MR) is 188 cm³/mol. The second kappa shape index (κ2) is 17.4. The lowest BCUT2D eigenvalue weighted by molar-refractivity contribution is -0.132. The number of nitrogens with one attached hydrogen (secondary N) is 2. The average molecular weight is 792 g/mol. The molecule has 0 radical (unpaired) electrons. The number of carbonyl (C=O) groups excluding carboxylic acids is 2. The van der Waals surface area contributed by atoms with Gasteiger partial charge in [0.1, 0.15) is 18.4 Å². The number of amides is 2. The summed E-state index contributed by atoms with van der Waals surface area (Å²) >= 11 is 19.2. The Labute approximate surface area is 294 Å². The fraction of sp³-hybridized carbons (Fsp3) is 0.206. The number of rotatable bonds is 14. The highest BCUT2D eigenvalue weighted by atomic mass is 79.9. The summed E-state index contributed by atoms with van der Waals surface area (Å²) in [5, 5.41) is 7.64. The minimum absolute atomic E-state index is 0.229. The Morgan fingerprint density at radius 1 is 0.891 bits per heavy atom. The van der Waals surface area contributed by atoms with E-state index in [0.29, 0.717) is 45.5 Å². The van der Waals surface area contributed by atoms with Gasteiger partial charge < -0.3 is 19.5 Å². The third-order valence-electron chi connectivity index (χ3n) is 6.50. The van der Waals surface area contributed by atoms with E-state index < -0.39 is 24.0 Å². The van der Waals surface area contributed by atoms with Crippen LogP contribution in [0.15, 0.2) is 99.0 Å². The molecule has 2 N–H and O–H groups in total. The molecule has 2 amide bonds. The van der Waals surface area contributed by atoms with Gasteiger partial charge in [0.05, 0.1) is 22.3 Å². The first-order valence-electron chi connectivity index (χ1n) is 14.3. The summed E-state index contributed by atoms with van der Waals surface area (Å²) in [6.45, 7) is 4.21. The van der Waals surface area contributed by atoms with E-state index in [1.54, 1.807) is 31.2 Å². The van der Waals surface area contributed by atoms with Crippen molar-refractivity contribution in [3.63, 3.8) is 0 Å². The molecule has 0 heterocycles. The van der Waals surface area contributed by atoms with Crippen LogP contribution in [-0.2, 0) is 22.6 Å². The van der Waals surface area contributed by atoms with Gasteiger partial charge in [-0.05, 0) is 88.9 Å². The second-order valence-corrected chi connectivity index (χ2v) is 12.6. The van der Waals surface area contributed by atoms with Crippen LogP contribution in [0, 0.1) is 0 Å². The van der Waals surface area contributed by atoms with Gasteiger partial charge in [-0.15, -0.1) is 0 Å². The Balaban J connectivity index is 1.44. The van der Waals surface area contributed by atoms with Gasteiger partial charge in [-0.2, -0.15) is 5.10 Å². The molecule has 4 aromatic carbocycles. The molecule has 46 heavy (non-hydrogen) atoms. The van der Waals surface area contributed by atoms with Gasteiger partial charge in [0.25, 0.3) is 11.8 Å². The van der Waals surface area contributed by atoms with Crippen molar-refractivity contribution in [3.05, 3.63) is 121 Å². The van der Waals surface area contributed by atoms with E-state index in [1.807, 2.05) is 61.5 Å². The zero-order valence-corrected chi connectivity index (χ0v) is 29.6. The van der Waals surface area contributed by atoms with Gasteiger partial charge in [-0.25, -0.2) is 5.43 Å². The molecule has 2 atom stereocenters. The van der Waals surface area contributed by atoms with E-state index in [-0.39, 0.29) is 11.4 Å². The molecule has 0 aliphatic rings. The lowest BCUT2D eigenvalue weighted by atomic mass is 10.1. The zero-order valence-electron chi connectivity index (χ0n) is 24.9. The number of halogens is 4. The summed E-state index contributed by atoms with van der Waals surface area (Å²) in [4.78, 5) is 26.4. The lowest BCUT2D eigenvalue weighted by Crippen LogP contribution is -2.50. The molecule has 8 nitrogen and oxygen atoms in total. The zero-order chi connectivity index (χ0) is 33.1. The molecule has 240 valence electrons. The largest absolute Gasteiger partial charge is 0.490 e. The molecule has 12 heteroatoms. The van der Waals surface area contributed by atoms with E-state index in [4.69, 9.17) is 37.4 Å². The summed E-state index contributed by atoms with van der Waals surface area (Å²) in [6.07, 6.45) is 0.763. The smallest absolute Gasteiger partial charge is 0.262 e. The van der Waals surface area contributed by atoms with Crippen molar-refractivity contribution in [2.24, 2.45) is 5.10 Å². The molecule has 4 rings (SSSR count). The summed E-state index contributed by atoms with van der Waals surface area (Å²) in [7, 11) is 0. The number of carbonyl (C=O) groups is 2. The Morgan fingerprint density at radius 2 is 1.63 bits per heavy atom. The summed E-state index contributed by atoms with van der Waals surface area (Å²) < 4.78 is 19.3. The normalized spacial score (nSPS) is 12.3. The first kappa shape index (κ1) is 35.3. The van der Waals surface area contributed by atoms with Gasteiger partial charge >= 0.3 is 0 Å². The van der Waals surface area contributed by atoms with E-state index in [2.05, 4.69) is 47.7 Å². The van der Waals surface area contributed by atoms with E-state index >= 15 is 0 Å². The Hall–Kier alpha value is -3.57. The van der Waals surface area contributed by atoms with Gasteiger partial charge in [0.15, 0.2) is 17.6 Å². The number of hydrogen-bond acceptors (Lipinski definition) is 6. The van der Waals surface area contributed by atoms with Crippen molar-refractivity contribution < 1.29 is 23.8 Å². The minimum Gasteiger partial charge on any atom is -0.490 e.